The number of fused-ring (bicyclic) bond motifs is 25. The molecule has 20 aliphatic rings. The molecule has 0 spiro atoms. The molecule has 0 radical (unpaired) electrons. The zero-order chi connectivity index (χ0) is 89.3. The van der Waals surface area contributed by atoms with E-state index in [-0.39, 0.29) is 26.1 Å². The highest BCUT2D eigenvalue weighted by Crippen LogP contribution is 2.72. The molecule has 20 aliphatic carbocycles. The summed E-state index contributed by atoms with van der Waals surface area (Å²) >= 11 is 3.63. The topological polar surface area (TPSA) is 151 Å². The van der Waals surface area contributed by atoms with Crippen LogP contribution in [-0.4, -0.2) is 122 Å². The smallest absolute Gasteiger partial charge is 0.267 e. The zero-order valence-electron chi connectivity index (χ0n) is 78.5. The van der Waals surface area contributed by atoms with Crippen molar-refractivity contribution in [3.63, 3.8) is 0 Å². The van der Waals surface area contributed by atoms with E-state index in [1.165, 1.54) is 174 Å². The molecule has 35 atom stereocenters. The van der Waals surface area contributed by atoms with Gasteiger partial charge in [0.2, 0.25) is 0 Å². The van der Waals surface area contributed by atoms with Gasteiger partial charge >= 0.3 is 0 Å². The molecule has 15 fully saturated rings. The summed E-state index contributed by atoms with van der Waals surface area (Å²) < 4.78 is 71.5. The van der Waals surface area contributed by atoms with Gasteiger partial charge in [-0.05, 0) is 450 Å². The second-order valence-electron chi connectivity index (χ2n) is 48.5. The van der Waals surface area contributed by atoms with Crippen molar-refractivity contribution < 1.29 is 62.4 Å². The maximum absolute atomic E-state index is 13.3. The molecule has 0 aliphatic heterocycles. The van der Waals surface area contributed by atoms with Gasteiger partial charge < -0.3 is 40.5 Å². The minimum atomic E-state index is -2.63. The lowest BCUT2D eigenvalue weighted by atomic mass is 9.51. The molecule has 0 unspecified atom stereocenters. The van der Waals surface area contributed by atoms with Gasteiger partial charge in [-0.2, -0.15) is 0 Å². The Bertz CT molecular complexity index is 4020. The van der Waals surface area contributed by atoms with Gasteiger partial charge in [-0.1, -0.05) is 158 Å². The second kappa shape index (κ2) is 36.8. The predicted molar refractivity (Wildman–Crippen MR) is 498 cm³/mol. The van der Waals surface area contributed by atoms with Gasteiger partial charge in [0.25, 0.3) is 6.43 Å². The number of halogens is 6. The van der Waals surface area contributed by atoms with Gasteiger partial charge in [0.05, 0.1) is 42.2 Å². The lowest BCUT2D eigenvalue weighted by Crippen LogP contribution is -2.49. The third-order valence-electron chi connectivity index (χ3n) is 42.7. The Morgan fingerprint density at radius 1 is 0.352 bits per heavy atom. The first kappa shape index (κ1) is 95.4. The van der Waals surface area contributed by atoms with Gasteiger partial charge in [-0.15, -0.1) is 0 Å². The maximum Gasteiger partial charge on any atom is 0.267 e. The molecule has 14 heteroatoms. The van der Waals surface area contributed by atoms with Crippen LogP contribution in [0.25, 0.3) is 0 Å². The van der Waals surface area contributed by atoms with Crippen LogP contribution in [0.3, 0.4) is 0 Å². The van der Waals surface area contributed by atoms with Crippen molar-refractivity contribution in [1.29, 1.82) is 0 Å². The summed E-state index contributed by atoms with van der Waals surface area (Å²) in [5.41, 5.74) is 9.13. The Labute approximate surface area is 759 Å². The lowest BCUT2D eigenvalue weighted by molar-refractivity contribution is -0.119. The van der Waals surface area contributed by atoms with E-state index in [1.807, 2.05) is 0 Å². The average Bonchev–Trinajstić information content (AvgIpc) is 1.64. The van der Waals surface area contributed by atoms with E-state index in [9.17, 15) is 57.7 Å². The van der Waals surface area contributed by atoms with Gasteiger partial charge in [0, 0.05) is 18.9 Å². The number of methoxy groups -OCH3 is 1. The van der Waals surface area contributed by atoms with Crippen LogP contribution in [0.1, 0.15) is 305 Å². The largest absolute Gasteiger partial charge is 0.392 e. The highest BCUT2D eigenvalue weighted by atomic mass is 79.9. The second-order valence-corrected chi connectivity index (χ2v) is 49.0. The molecule has 0 heterocycles. The van der Waals surface area contributed by atoms with Gasteiger partial charge in [-0.3, -0.25) is 0 Å². The molecule has 20 rings (SSSR count). The lowest BCUT2D eigenvalue weighted by Gasteiger charge is -2.54. The molecule has 0 saturated heterocycles. The van der Waals surface area contributed by atoms with Crippen LogP contribution < -0.4 is 0 Å². The molecular weight excluding hydrogens is 1640 g/mol. The first-order valence-electron chi connectivity index (χ1n) is 51.0. The Hall–Kier alpha value is -2.79. The van der Waals surface area contributed by atoms with Crippen LogP contribution in [0.4, 0.5) is 22.0 Å². The highest BCUT2D eigenvalue weighted by Gasteiger charge is 2.64. The monoisotopic (exact) mass is 1800 g/mol. The van der Waals surface area contributed by atoms with Gasteiger partial charge in [0.1, 0.15) is 25.6 Å². The van der Waals surface area contributed by atoms with Crippen LogP contribution in [0, 0.1) is 175 Å². The van der Waals surface area contributed by atoms with Crippen molar-refractivity contribution in [3.8, 4) is 0 Å². The Balaban J connectivity index is 0.000000115. The molecule has 8 nitrogen and oxygen atoms in total. The van der Waals surface area contributed by atoms with Crippen molar-refractivity contribution in [3.05, 3.63) is 119 Å². The van der Waals surface area contributed by atoms with Gasteiger partial charge in [-0.25, -0.2) is 22.0 Å². The van der Waals surface area contributed by atoms with Crippen LogP contribution in [-0.2, 0) is 4.74 Å². The number of hydrogen-bond donors (Lipinski definition) is 7. The van der Waals surface area contributed by atoms with E-state index >= 15 is 0 Å². The minimum absolute atomic E-state index is 0.121. The fraction of sp³-hybridized carbons (Fsp3) is 0.820. The minimum Gasteiger partial charge on any atom is -0.392 e. The number of hydrogen-bond acceptors (Lipinski definition) is 8. The number of aliphatic hydroxyl groups is 7. The van der Waals surface area contributed by atoms with Gasteiger partial charge in [0.15, 0.2) is 0 Å². The fourth-order valence-electron chi connectivity index (χ4n) is 36.6. The number of alkyl halides is 6. The van der Waals surface area contributed by atoms with Crippen molar-refractivity contribution >= 4 is 15.9 Å². The highest BCUT2D eigenvalue weighted by molar-refractivity contribution is 9.09. The standard InChI is InChI=1S/C23H36O3.C22H32BrFO.C22H32F2O.C22H33FO2.C22H33FO/c1-15(13-24)20-6-7-21-19-5-4-16-12-23(25,14-26-3)11-9-17(16)18(19)8-10-22(20,21)2;1-14(12-23)19-5-6-20-18-4-3-15-11-22(25,13-24)10-8-16(15)17(18)7-9-21(19,20)2;1-13(2)18-6-7-19-17-5-4-14-12-22(25,20(23)24)11-9-15(14)16(17)8-10-21(18,19)3;1-14(12-24)19-5-6-20-18-4-3-15-11-22(25,13-23)10-8-16(15)17(18)7-9-21(19,20)2;1-14(2)19-6-7-20-18-5-4-15-12-22(24,13-23)11-9-16(15)17(18)8-10-21(19,20)3/h4,17-21,24-25H,1,5-14H2,2-3H3;3,16-20,25H,1,4-13H2,2H3;4,15-20,25H,1,5-12H2,2-3H3;3,16-20,24-25H,1,4-13H2,2H3;4,16-20,24H,1,5-13H2,2-3H3/t17-,18+,19+,20+,21-,22+,23+;16-,17+,18+,19+,20-,21+,22+;15-,16+,17+,18+,19-,21+,22+;2*16-,17+,18+,19+,20-,21+,22+/m00000/s1. The molecule has 0 aromatic heterocycles. The summed E-state index contributed by atoms with van der Waals surface area (Å²) in [4.78, 5) is 0. The normalized spacial score (nSPS) is 49.0. The van der Waals surface area contributed by atoms with Crippen LogP contribution >= 0.6 is 15.9 Å². The van der Waals surface area contributed by atoms with Crippen LogP contribution in [0.15, 0.2) is 119 Å². The summed E-state index contributed by atoms with van der Waals surface area (Å²) in [5, 5.41) is 72.4. The molecule has 7 N–H and O–H groups in total. The van der Waals surface area contributed by atoms with E-state index in [1.54, 1.807) is 7.11 Å². The summed E-state index contributed by atoms with van der Waals surface area (Å²) in [6, 6.07) is 0. The molecule has 125 heavy (non-hydrogen) atoms. The Morgan fingerprint density at radius 2 is 0.600 bits per heavy atom. The molecule has 15 saturated carbocycles. The average molecular weight is 1800 g/mol. The van der Waals surface area contributed by atoms with E-state index in [0.29, 0.717) is 149 Å². The summed E-state index contributed by atoms with van der Waals surface area (Å²) in [6.45, 7) is 37.1. The summed E-state index contributed by atoms with van der Waals surface area (Å²) in [7, 11) is 1.69. The molecule has 0 aromatic carbocycles. The first-order valence-corrected chi connectivity index (χ1v) is 52.1. The molecule has 700 valence electrons. The Morgan fingerprint density at radius 3 is 0.856 bits per heavy atom. The maximum atomic E-state index is 13.3. The first-order chi connectivity index (χ1) is 59.4. The SMILES string of the molecule is C=C(C)[C@H]1CC[C@H]2[C@@H]3CC=C4C[C@@](O)(C(F)F)CC[C@@H]4[C@H]3CC[C@]12C.C=C(C)[C@H]1CC[C@H]2[C@@H]3CC=C4C[C@@](O)(CF)CC[C@@H]4[C@H]3CC[C@]12C.C=C(CBr)[C@H]1CC[C@H]2[C@@H]3CC=C4C[C@@](O)(CF)CC[C@@H]4[C@H]3CC[C@]12C.C=C(CO)[C@H]1CC[C@H]2[C@@H]3CC=C4C[C@@](O)(CF)CC[C@@H]4[C@H]3CC[C@]12C.C=C(CO)[C@H]1CC[C@H]2[C@@H]3CC=C4C[C@@](O)(COC)CC[C@@H]4[C@H]3CC[C@]12C. The third-order valence-corrected chi connectivity index (χ3v) is 43.4. The number of allylic oxidation sites excluding steroid dienone is 8. The van der Waals surface area contributed by atoms with Crippen molar-refractivity contribution in [2.24, 2.45) is 175 Å². The van der Waals surface area contributed by atoms with E-state index in [4.69, 9.17) is 4.74 Å². The van der Waals surface area contributed by atoms with E-state index in [2.05, 4.69) is 128 Å². The van der Waals surface area contributed by atoms with E-state index < -0.39 is 54.5 Å². The van der Waals surface area contributed by atoms with Crippen LogP contribution in [0.5, 0.6) is 0 Å². The zero-order valence-corrected chi connectivity index (χ0v) is 80.1. The number of rotatable bonds is 14. The summed E-state index contributed by atoms with van der Waals surface area (Å²) in [5.74, 6) is 17.3. The number of aliphatic hydroxyl groups excluding tert-OH is 2. The molecular formula is C111H166BrF5O8. The van der Waals surface area contributed by atoms with Crippen molar-refractivity contribution in [2.45, 2.75) is 340 Å². The quantitative estimate of drug-likeness (QED) is 0.0516. The van der Waals surface area contributed by atoms with Crippen LogP contribution in [0.2, 0.25) is 0 Å². The Kier molecular flexibility index (Phi) is 28.1. The number of ether oxygens (including phenoxy) is 1. The molecule has 0 bridgehead atoms. The predicted octanol–water partition coefficient (Wildman–Crippen LogP) is 25.6. The molecule has 0 amide bonds. The van der Waals surface area contributed by atoms with Crippen molar-refractivity contribution in [2.75, 3.05) is 52.3 Å². The fourth-order valence-corrected chi connectivity index (χ4v) is 37.0. The van der Waals surface area contributed by atoms with E-state index in [0.717, 1.165) is 164 Å². The third kappa shape index (κ3) is 17.1. The van der Waals surface area contributed by atoms with Crippen molar-refractivity contribution in [1.82, 2.24) is 0 Å². The summed E-state index contributed by atoms with van der Waals surface area (Å²) in [6.07, 6.45) is 50.9. The molecule has 0 aromatic rings.